The second-order valence-electron chi connectivity index (χ2n) is 7.54. The van der Waals surface area contributed by atoms with E-state index in [1.54, 1.807) is 25.1 Å². The number of halogens is 2. The second-order valence-corrected chi connectivity index (χ2v) is 7.54. The highest BCUT2D eigenvalue weighted by Gasteiger charge is 2.24. The van der Waals surface area contributed by atoms with Gasteiger partial charge in [0.1, 0.15) is 17.6 Å². The Morgan fingerprint density at radius 1 is 1.03 bits per heavy atom. The van der Waals surface area contributed by atoms with E-state index in [2.05, 4.69) is 0 Å². The third-order valence-corrected chi connectivity index (χ3v) is 5.33. The predicted octanol–water partition coefficient (Wildman–Crippen LogP) is 6.20. The lowest BCUT2D eigenvalue weighted by atomic mass is 9.89. The molecule has 4 rings (SSSR count). The molecular weight excluding hydrogens is 458 g/mol. The Morgan fingerprint density at radius 3 is 2.37 bits per heavy atom. The van der Waals surface area contributed by atoms with Crippen LogP contribution in [0.3, 0.4) is 0 Å². The quantitative estimate of drug-likeness (QED) is 0.146. The number of benzene rings is 3. The van der Waals surface area contributed by atoms with Crippen LogP contribution in [-0.4, -0.2) is 19.0 Å². The molecule has 0 radical (unpaired) electrons. The molecule has 1 aliphatic carbocycles. The van der Waals surface area contributed by atoms with Crippen LogP contribution in [0.25, 0.3) is 33.4 Å². The molecule has 1 heterocycles. The maximum atomic E-state index is 14.9. The van der Waals surface area contributed by atoms with E-state index in [1.165, 1.54) is 26.0 Å². The van der Waals surface area contributed by atoms with Crippen molar-refractivity contribution in [2.24, 2.45) is 0 Å². The zero-order valence-corrected chi connectivity index (χ0v) is 20.0. The Hall–Kier alpha value is -4.07. The van der Waals surface area contributed by atoms with E-state index < -0.39 is 29.8 Å². The molecule has 0 aromatic heterocycles. The molecule has 182 valence electrons. The van der Waals surface area contributed by atoms with E-state index in [1.807, 2.05) is 13.8 Å². The van der Waals surface area contributed by atoms with Crippen LogP contribution in [0.15, 0.2) is 45.6 Å². The molecule has 0 saturated heterocycles. The Labute approximate surface area is 200 Å². The number of aldehydes is 1. The number of ether oxygens (including phenoxy) is 2. The van der Waals surface area contributed by atoms with E-state index in [0.29, 0.717) is 33.9 Å². The Morgan fingerprint density at radius 2 is 1.74 bits per heavy atom. The predicted molar refractivity (Wildman–Crippen MR) is 128 cm³/mol. The summed E-state index contributed by atoms with van der Waals surface area (Å²) >= 11 is 0. The minimum atomic E-state index is -0.959. The summed E-state index contributed by atoms with van der Waals surface area (Å²) in [6.07, 6.45) is 0.702. The highest BCUT2D eigenvalue weighted by Crippen LogP contribution is 2.43. The van der Waals surface area contributed by atoms with Crippen LogP contribution >= 0.6 is 0 Å². The van der Waals surface area contributed by atoms with Crippen molar-refractivity contribution in [3.8, 4) is 28.2 Å². The summed E-state index contributed by atoms with van der Waals surface area (Å²) in [4.78, 5) is 34.4. The van der Waals surface area contributed by atoms with Gasteiger partial charge in [0.2, 0.25) is 12.2 Å². The number of hydrogen-bond acceptors (Lipinski definition) is 6. The topological polar surface area (TPSA) is 82.8 Å². The first-order valence-corrected chi connectivity index (χ1v) is 10.9. The van der Waals surface area contributed by atoms with Crippen molar-refractivity contribution in [2.75, 3.05) is 6.79 Å². The Bertz CT molecular complexity index is 1450. The van der Waals surface area contributed by atoms with Crippen molar-refractivity contribution in [3.05, 3.63) is 74.9 Å². The van der Waals surface area contributed by atoms with Gasteiger partial charge in [-0.15, -0.1) is 0 Å². The Balaban J connectivity index is 0.00000167. The zero-order valence-electron chi connectivity index (χ0n) is 20.0. The number of esters is 1. The molecule has 35 heavy (non-hydrogen) atoms. The first-order valence-electron chi connectivity index (χ1n) is 10.9. The minimum absolute atomic E-state index is 0.0574. The first-order chi connectivity index (χ1) is 16.7. The van der Waals surface area contributed by atoms with Crippen LogP contribution in [0.5, 0.6) is 5.75 Å². The summed E-state index contributed by atoms with van der Waals surface area (Å²) in [6.45, 7) is 7.90. The number of hydrogen-bond donors (Lipinski definition) is 0. The van der Waals surface area contributed by atoms with Crippen LogP contribution < -0.4 is 10.2 Å². The van der Waals surface area contributed by atoms with Gasteiger partial charge in [0.15, 0.2) is 17.4 Å². The molecule has 1 aliphatic heterocycles. The van der Waals surface area contributed by atoms with Gasteiger partial charge in [-0.1, -0.05) is 26.0 Å². The van der Waals surface area contributed by atoms with Gasteiger partial charge in [0, 0.05) is 40.6 Å². The molecule has 0 bridgehead atoms. The first kappa shape index (κ1) is 25.6. The number of aryl methyl sites for hydroxylation is 1. The maximum Gasteiger partial charge on any atom is 0.305 e. The molecule has 2 aromatic rings. The van der Waals surface area contributed by atoms with E-state index in [9.17, 15) is 23.2 Å². The highest BCUT2D eigenvalue weighted by atomic mass is 19.1. The molecule has 0 atom stereocenters. The standard InChI is InChI=1S/C25H18F2O6.C2H6/c1-12-6-15(10-28)4-5-16(12)23-17-7-19(26)22(32-11-31-14(3)29)9-21(17)33-25-13(2)24(30)20(27)8-18(23)25;1-2/h4-10H,11H2,1-3H3;1-2H3. The molecule has 2 aromatic carbocycles. The number of carbonyl (C=O) groups excluding carboxylic acids is 2. The van der Waals surface area contributed by atoms with Crippen molar-refractivity contribution in [3.63, 3.8) is 0 Å². The molecule has 0 N–H and O–H groups in total. The molecule has 0 spiro atoms. The summed E-state index contributed by atoms with van der Waals surface area (Å²) < 4.78 is 45.1. The zero-order chi connectivity index (χ0) is 25.9. The normalized spacial score (nSPS) is 10.6. The van der Waals surface area contributed by atoms with Crippen LogP contribution in [0.4, 0.5) is 8.78 Å². The number of rotatable bonds is 5. The fraction of sp³-hybridized carbons (Fsp3) is 0.222. The van der Waals surface area contributed by atoms with Crippen LogP contribution in [0.1, 0.15) is 42.3 Å². The van der Waals surface area contributed by atoms with E-state index in [-0.39, 0.29) is 28.2 Å². The van der Waals surface area contributed by atoms with Crippen molar-refractivity contribution in [1.29, 1.82) is 0 Å². The summed E-state index contributed by atoms with van der Waals surface area (Å²) in [7, 11) is 0. The fourth-order valence-corrected chi connectivity index (χ4v) is 3.75. The Kier molecular flexibility index (Phi) is 7.64. The smallest absolute Gasteiger partial charge is 0.305 e. The fourth-order valence-electron chi connectivity index (χ4n) is 3.75. The van der Waals surface area contributed by atoms with Crippen LogP contribution in [-0.2, 0) is 9.53 Å². The van der Waals surface area contributed by atoms with Gasteiger partial charge in [-0.05, 0) is 43.2 Å². The SMILES string of the molecule is CC.CC(=O)OCOc1cc2oc3c(C)c(=O)c(F)cc-3c(-c3ccc(C=O)cc3C)c2cc1F. The van der Waals surface area contributed by atoms with Gasteiger partial charge in [0.05, 0.1) is 0 Å². The summed E-state index contributed by atoms with van der Waals surface area (Å²) in [6, 6.07) is 8.44. The summed E-state index contributed by atoms with van der Waals surface area (Å²) in [5.41, 5.74) is 1.89. The van der Waals surface area contributed by atoms with Crippen molar-refractivity contribution in [2.45, 2.75) is 34.6 Å². The van der Waals surface area contributed by atoms with Gasteiger partial charge in [-0.3, -0.25) is 14.4 Å². The minimum Gasteiger partial charge on any atom is -0.455 e. The van der Waals surface area contributed by atoms with Crippen molar-refractivity contribution in [1.82, 2.24) is 0 Å². The molecule has 6 nitrogen and oxygen atoms in total. The lowest BCUT2D eigenvalue weighted by molar-refractivity contribution is -0.147. The molecule has 8 heteroatoms. The molecular formula is C27H24F2O6. The van der Waals surface area contributed by atoms with Gasteiger partial charge >= 0.3 is 5.97 Å². The van der Waals surface area contributed by atoms with Crippen molar-refractivity contribution < 1.29 is 32.3 Å². The lowest BCUT2D eigenvalue weighted by Gasteiger charge is -2.19. The monoisotopic (exact) mass is 482 g/mol. The number of carbonyl (C=O) groups is 2. The summed E-state index contributed by atoms with van der Waals surface area (Å²) in [5, 5.41) is 0.305. The van der Waals surface area contributed by atoms with Crippen molar-refractivity contribution >= 4 is 23.2 Å². The third-order valence-electron chi connectivity index (χ3n) is 5.33. The molecule has 0 fully saturated rings. The molecule has 0 unspecified atom stereocenters. The molecule has 2 aliphatic rings. The van der Waals surface area contributed by atoms with Crippen LogP contribution in [0.2, 0.25) is 0 Å². The summed E-state index contributed by atoms with van der Waals surface area (Å²) in [5.74, 6) is -2.40. The average Bonchev–Trinajstić information content (AvgIpc) is 2.83. The highest BCUT2D eigenvalue weighted by molar-refractivity contribution is 6.03. The molecule has 0 saturated carbocycles. The second kappa shape index (κ2) is 10.5. The number of fused-ring (bicyclic) bond motifs is 2. The largest absolute Gasteiger partial charge is 0.455 e. The third kappa shape index (κ3) is 4.91. The van der Waals surface area contributed by atoms with Gasteiger partial charge in [-0.25, -0.2) is 8.78 Å². The lowest BCUT2D eigenvalue weighted by Crippen LogP contribution is -2.12. The van der Waals surface area contributed by atoms with Gasteiger partial charge in [0.25, 0.3) is 0 Å². The maximum absolute atomic E-state index is 14.9. The van der Waals surface area contributed by atoms with Gasteiger partial charge in [-0.2, -0.15) is 0 Å². The average molecular weight is 482 g/mol. The van der Waals surface area contributed by atoms with E-state index in [4.69, 9.17) is 13.9 Å². The molecule has 0 amide bonds. The van der Waals surface area contributed by atoms with Crippen LogP contribution in [0, 0.1) is 25.5 Å². The van der Waals surface area contributed by atoms with E-state index >= 15 is 0 Å². The van der Waals surface area contributed by atoms with Gasteiger partial charge < -0.3 is 13.9 Å². The van der Waals surface area contributed by atoms with E-state index in [0.717, 1.165) is 6.07 Å².